The van der Waals surface area contributed by atoms with Gasteiger partial charge in [-0.15, -0.1) is 0 Å². The molecule has 0 saturated heterocycles. The maximum atomic E-state index is 13.0. The molecule has 5 aromatic rings. The lowest BCUT2D eigenvalue weighted by Crippen LogP contribution is -2.02. The number of hydrogen-bond acceptors (Lipinski definition) is 4. The van der Waals surface area contributed by atoms with Crippen molar-refractivity contribution in [1.29, 1.82) is 0 Å². The molecule has 4 nitrogen and oxygen atoms in total. The summed E-state index contributed by atoms with van der Waals surface area (Å²) in [6.45, 7) is 0. The third-order valence-electron chi connectivity index (χ3n) is 4.60. The Morgan fingerprint density at radius 2 is 1.04 bits per heavy atom. The molecule has 0 aliphatic heterocycles. The van der Waals surface area contributed by atoms with Gasteiger partial charge in [0.15, 0.2) is 0 Å². The second kappa shape index (κ2) is 4.74. The zero-order valence-electron chi connectivity index (χ0n) is 13.0. The first-order valence-electron chi connectivity index (χ1n) is 7.86. The Kier molecular flexibility index (Phi) is 2.63. The lowest BCUT2D eigenvalue weighted by atomic mass is 10.0. The molecule has 0 bridgehead atoms. The van der Waals surface area contributed by atoms with Gasteiger partial charge in [-0.1, -0.05) is 12.1 Å². The summed E-state index contributed by atoms with van der Waals surface area (Å²) in [6.07, 6.45) is 0. The molecule has 4 heteroatoms. The molecular formula is C21H12O4. The Morgan fingerprint density at radius 1 is 0.600 bits per heavy atom. The summed E-state index contributed by atoms with van der Waals surface area (Å²) < 4.78 is 6.17. The van der Waals surface area contributed by atoms with Gasteiger partial charge >= 0.3 is 0 Å². The summed E-state index contributed by atoms with van der Waals surface area (Å²) in [4.78, 5) is 13.0. The van der Waals surface area contributed by atoms with Crippen LogP contribution in [0.3, 0.4) is 0 Å². The molecule has 2 N–H and O–H groups in total. The lowest BCUT2D eigenvalue weighted by Gasteiger charge is -2.08. The van der Waals surface area contributed by atoms with E-state index in [-0.39, 0.29) is 16.9 Å². The number of hydrogen-bond donors (Lipinski definition) is 2. The number of rotatable bonds is 0. The van der Waals surface area contributed by atoms with Crippen LogP contribution in [0.1, 0.15) is 0 Å². The van der Waals surface area contributed by atoms with Gasteiger partial charge in [-0.25, -0.2) is 0 Å². The minimum Gasteiger partial charge on any atom is -0.508 e. The van der Waals surface area contributed by atoms with Crippen molar-refractivity contribution >= 4 is 43.5 Å². The molecular weight excluding hydrogens is 316 g/mol. The van der Waals surface area contributed by atoms with Gasteiger partial charge in [0.2, 0.25) is 5.43 Å². The molecule has 0 saturated carbocycles. The number of benzene rings is 4. The highest BCUT2D eigenvalue weighted by atomic mass is 16.3. The normalized spacial score (nSPS) is 11.7. The van der Waals surface area contributed by atoms with E-state index in [1.807, 2.05) is 0 Å². The largest absolute Gasteiger partial charge is 0.508 e. The summed E-state index contributed by atoms with van der Waals surface area (Å²) in [5.41, 5.74) is 0.896. The van der Waals surface area contributed by atoms with Gasteiger partial charge in [0.25, 0.3) is 0 Å². The maximum Gasteiger partial charge on any atom is 0.200 e. The monoisotopic (exact) mass is 328 g/mol. The molecule has 1 heterocycles. The minimum absolute atomic E-state index is 0.0961. The first-order valence-corrected chi connectivity index (χ1v) is 7.86. The predicted molar refractivity (Wildman–Crippen MR) is 98.3 cm³/mol. The van der Waals surface area contributed by atoms with Crippen LogP contribution in [0, 0.1) is 0 Å². The summed E-state index contributed by atoms with van der Waals surface area (Å²) in [5.74, 6) is 0.326. The molecule has 0 atom stereocenters. The van der Waals surface area contributed by atoms with E-state index in [4.69, 9.17) is 4.42 Å². The highest BCUT2D eigenvalue weighted by Gasteiger charge is 2.13. The van der Waals surface area contributed by atoms with Crippen molar-refractivity contribution < 1.29 is 14.6 Å². The van der Waals surface area contributed by atoms with Crippen molar-refractivity contribution in [1.82, 2.24) is 0 Å². The minimum atomic E-state index is -0.0961. The van der Waals surface area contributed by atoms with E-state index in [9.17, 15) is 15.0 Å². The van der Waals surface area contributed by atoms with Crippen LogP contribution in [-0.2, 0) is 0 Å². The number of fused-ring (bicyclic) bond motifs is 6. The Bertz CT molecular complexity index is 1280. The zero-order chi connectivity index (χ0) is 17.1. The highest BCUT2D eigenvalue weighted by Crippen LogP contribution is 2.32. The molecule has 0 amide bonds. The van der Waals surface area contributed by atoms with Gasteiger partial charge in [0, 0.05) is 10.8 Å². The molecule has 4 aromatic carbocycles. The van der Waals surface area contributed by atoms with Crippen LogP contribution in [-0.4, -0.2) is 10.2 Å². The molecule has 25 heavy (non-hydrogen) atoms. The Morgan fingerprint density at radius 3 is 1.52 bits per heavy atom. The average Bonchev–Trinajstić information content (AvgIpc) is 2.61. The van der Waals surface area contributed by atoms with Gasteiger partial charge in [-0.3, -0.25) is 4.79 Å². The van der Waals surface area contributed by atoms with Gasteiger partial charge in [-0.05, 0) is 59.3 Å². The number of phenols is 2. The van der Waals surface area contributed by atoms with Crippen LogP contribution in [0.25, 0.3) is 43.5 Å². The maximum absolute atomic E-state index is 13.0. The third-order valence-corrected chi connectivity index (χ3v) is 4.60. The first-order chi connectivity index (χ1) is 12.1. The molecule has 0 aliphatic carbocycles. The number of aromatic hydroxyl groups is 2. The summed E-state index contributed by atoms with van der Waals surface area (Å²) >= 11 is 0. The fourth-order valence-electron chi connectivity index (χ4n) is 3.40. The van der Waals surface area contributed by atoms with E-state index in [0.29, 0.717) is 21.9 Å². The SMILES string of the molecule is O=c1c2ccc3cc(O)ccc3c2oc2c1ccc1cc(O)ccc12. The van der Waals surface area contributed by atoms with E-state index in [2.05, 4.69) is 0 Å². The van der Waals surface area contributed by atoms with E-state index < -0.39 is 0 Å². The second-order valence-corrected chi connectivity index (χ2v) is 6.13. The lowest BCUT2D eigenvalue weighted by molar-refractivity contribution is 0.475. The number of phenolic OH excluding ortho intramolecular Hbond substituents is 2. The van der Waals surface area contributed by atoms with Crippen molar-refractivity contribution in [2.75, 3.05) is 0 Å². The van der Waals surface area contributed by atoms with Crippen LogP contribution in [0.5, 0.6) is 11.5 Å². The topological polar surface area (TPSA) is 70.7 Å². The van der Waals surface area contributed by atoms with Crippen LogP contribution in [0.4, 0.5) is 0 Å². The highest BCUT2D eigenvalue weighted by molar-refractivity contribution is 6.11. The van der Waals surface area contributed by atoms with E-state index in [1.165, 1.54) is 0 Å². The first kappa shape index (κ1) is 13.9. The van der Waals surface area contributed by atoms with E-state index >= 15 is 0 Å². The van der Waals surface area contributed by atoms with Crippen molar-refractivity contribution in [3.8, 4) is 11.5 Å². The van der Waals surface area contributed by atoms with Crippen LogP contribution in [0.2, 0.25) is 0 Å². The standard InChI is InChI=1S/C21H12O4/c22-13-3-7-15-11(9-13)1-5-17-19(24)18-6-2-12-10-14(23)4-8-16(12)21(18)25-20(15)17/h1-10,22-23H. The molecule has 0 aliphatic rings. The van der Waals surface area contributed by atoms with Crippen LogP contribution >= 0.6 is 0 Å². The Hall–Kier alpha value is -3.53. The van der Waals surface area contributed by atoms with Crippen molar-refractivity contribution in [2.24, 2.45) is 0 Å². The van der Waals surface area contributed by atoms with Gasteiger partial charge < -0.3 is 14.6 Å². The smallest absolute Gasteiger partial charge is 0.200 e. The molecule has 0 unspecified atom stereocenters. The molecule has 1 aromatic heterocycles. The second-order valence-electron chi connectivity index (χ2n) is 6.13. The van der Waals surface area contributed by atoms with Crippen LogP contribution in [0.15, 0.2) is 69.9 Å². The van der Waals surface area contributed by atoms with Crippen molar-refractivity contribution in [2.45, 2.75) is 0 Å². The van der Waals surface area contributed by atoms with Crippen molar-refractivity contribution in [3.63, 3.8) is 0 Å². The van der Waals surface area contributed by atoms with Gasteiger partial charge in [0.1, 0.15) is 22.7 Å². The molecule has 5 rings (SSSR count). The van der Waals surface area contributed by atoms with Gasteiger partial charge in [-0.2, -0.15) is 0 Å². The van der Waals surface area contributed by atoms with Gasteiger partial charge in [0.05, 0.1) is 10.8 Å². The van der Waals surface area contributed by atoms with Crippen molar-refractivity contribution in [3.05, 3.63) is 70.9 Å². The Labute approximate surface area is 141 Å². The molecule has 0 radical (unpaired) electrons. The fraction of sp³-hybridized carbons (Fsp3) is 0. The fourth-order valence-corrected chi connectivity index (χ4v) is 3.40. The quantitative estimate of drug-likeness (QED) is 0.320. The third kappa shape index (κ3) is 1.91. The summed E-state index contributed by atoms with van der Waals surface area (Å²) in [5, 5.41) is 23.5. The zero-order valence-corrected chi connectivity index (χ0v) is 13.0. The predicted octanol–water partition coefficient (Wildman–Crippen LogP) is 4.66. The average molecular weight is 328 g/mol. The van der Waals surface area contributed by atoms with Crippen LogP contribution < -0.4 is 5.43 Å². The molecule has 120 valence electrons. The Balaban J connectivity index is 2.05. The van der Waals surface area contributed by atoms with E-state index in [1.54, 1.807) is 60.7 Å². The summed E-state index contributed by atoms with van der Waals surface area (Å²) in [6, 6.07) is 17.0. The molecule has 0 fully saturated rings. The summed E-state index contributed by atoms with van der Waals surface area (Å²) in [7, 11) is 0. The molecule has 0 spiro atoms. The van der Waals surface area contributed by atoms with E-state index in [0.717, 1.165) is 21.5 Å².